The maximum Gasteiger partial charge on any atom is 0.246 e. The van der Waals surface area contributed by atoms with Crippen molar-refractivity contribution >= 4 is 29.7 Å². The molecular weight excluding hydrogens is 400 g/mol. The monoisotopic (exact) mass is 428 g/mol. The van der Waals surface area contributed by atoms with Gasteiger partial charge in [-0.1, -0.05) is 60.7 Å². The number of carbonyl (C=O) groups is 3. The average molecular weight is 429 g/mol. The summed E-state index contributed by atoms with van der Waals surface area (Å²) in [6.07, 6.45) is 6.73. The number of fused-ring (bicyclic) bond motifs is 2. The topological polar surface area (TPSA) is 57.7 Å². The number of hydrogen-bond acceptors (Lipinski definition) is 3. The summed E-state index contributed by atoms with van der Waals surface area (Å²) in [5, 5.41) is 0. The quantitative estimate of drug-likeness (QED) is 0.698. The Balaban J connectivity index is 1.49. The predicted molar refractivity (Wildman–Crippen MR) is 125 cm³/mol. The maximum absolute atomic E-state index is 13.2. The van der Waals surface area contributed by atoms with E-state index in [0.29, 0.717) is 26.2 Å². The number of likely N-dealkylation sites (tertiary alicyclic amines) is 2. The summed E-state index contributed by atoms with van der Waals surface area (Å²) in [7, 11) is 0. The summed E-state index contributed by atoms with van der Waals surface area (Å²) >= 11 is 0. The van der Waals surface area contributed by atoms with Crippen LogP contribution in [0.25, 0.3) is 12.2 Å². The standard InChI is InChI=1S/C27H28N2O3/c1-26-17-28(23(30)15-13-21-9-5-3-6-10-21)19-27(2,25(26)32)20-29(18-26)24(31)16-14-22-11-7-4-8-12-22/h3-16H,17-20H2,1-2H3/b15-13+,16-14+. The van der Waals surface area contributed by atoms with Crippen LogP contribution in [-0.4, -0.2) is 53.6 Å². The molecule has 2 aliphatic rings. The van der Waals surface area contributed by atoms with Crippen LogP contribution >= 0.6 is 0 Å². The Morgan fingerprint density at radius 3 is 1.38 bits per heavy atom. The van der Waals surface area contributed by atoms with Gasteiger partial charge in [0.25, 0.3) is 0 Å². The zero-order valence-corrected chi connectivity index (χ0v) is 18.5. The zero-order valence-electron chi connectivity index (χ0n) is 18.5. The van der Waals surface area contributed by atoms with Crippen LogP contribution in [0.2, 0.25) is 0 Å². The molecule has 2 aromatic carbocycles. The van der Waals surface area contributed by atoms with E-state index in [1.54, 1.807) is 34.1 Å². The highest BCUT2D eigenvalue weighted by atomic mass is 16.2. The highest BCUT2D eigenvalue weighted by Crippen LogP contribution is 2.42. The van der Waals surface area contributed by atoms with Crippen molar-refractivity contribution in [3.63, 3.8) is 0 Å². The van der Waals surface area contributed by atoms with Crippen molar-refractivity contribution in [3.05, 3.63) is 83.9 Å². The first-order chi connectivity index (χ1) is 15.3. The summed E-state index contributed by atoms with van der Waals surface area (Å²) in [6, 6.07) is 19.3. The van der Waals surface area contributed by atoms with Crippen molar-refractivity contribution < 1.29 is 14.4 Å². The van der Waals surface area contributed by atoms with Crippen molar-refractivity contribution in [1.82, 2.24) is 9.80 Å². The van der Waals surface area contributed by atoms with Crippen LogP contribution < -0.4 is 0 Å². The molecule has 2 aromatic rings. The molecule has 2 bridgehead atoms. The third-order valence-corrected chi connectivity index (χ3v) is 6.31. The molecule has 0 spiro atoms. The second-order valence-electron chi connectivity index (χ2n) is 9.33. The van der Waals surface area contributed by atoms with E-state index < -0.39 is 10.8 Å². The summed E-state index contributed by atoms with van der Waals surface area (Å²) < 4.78 is 0. The fourth-order valence-corrected chi connectivity index (χ4v) is 4.90. The predicted octanol–water partition coefficient (Wildman–Crippen LogP) is 3.68. The molecular formula is C27H28N2O3. The first kappa shape index (κ1) is 21.8. The van der Waals surface area contributed by atoms with E-state index in [1.165, 1.54) is 0 Å². The van der Waals surface area contributed by atoms with Crippen molar-refractivity contribution in [1.29, 1.82) is 0 Å². The van der Waals surface area contributed by atoms with Crippen LogP contribution in [-0.2, 0) is 14.4 Å². The van der Waals surface area contributed by atoms with Gasteiger partial charge in [0.05, 0.1) is 10.8 Å². The van der Waals surface area contributed by atoms with Crippen LogP contribution in [0.5, 0.6) is 0 Å². The Hall–Kier alpha value is -3.47. The van der Waals surface area contributed by atoms with E-state index in [1.807, 2.05) is 74.5 Å². The van der Waals surface area contributed by atoms with Gasteiger partial charge in [-0.05, 0) is 37.1 Å². The molecule has 2 fully saturated rings. The smallest absolute Gasteiger partial charge is 0.246 e. The molecule has 0 N–H and O–H groups in total. The van der Waals surface area contributed by atoms with Gasteiger partial charge < -0.3 is 9.80 Å². The van der Waals surface area contributed by atoms with Crippen LogP contribution in [0.4, 0.5) is 0 Å². The molecule has 5 nitrogen and oxygen atoms in total. The Kier molecular flexibility index (Phi) is 5.83. The lowest BCUT2D eigenvalue weighted by Crippen LogP contribution is -2.69. The summed E-state index contributed by atoms with van der Waals surface area (Å²) in [4.78, 5) is 42.5. The van der Waals surface area contributed by atoms with E-state index in [2.05, 4.69) is 0 Å². The second kappa shape index (κ2) is 8.58. The summed E-state index contributed by atoms with van der Waals surface area (Å²) in [6.45, 7) is 4.98. The SMILES string of the molecule is CC12CN(C(=O)/C=C/c3ccccc3)CC(C)(CN(C(=O)/C=C/c3ccccc3)C1)C2=O. The lowest BCUT2D eigenvalue weighted by molar-refractivity contribution is -0.163. The van der Waals surface area contributed by atoms with Gasteiger partial charge in [0.15, 0.2) is 5.78 Å². The number of nitrogens with zero attached hydrogens (tertiary/aromatic N) is 2. The molecule has 0 radical (unpaired) electrons. The van der Waals surface area contributed by atoms with Crippen LogP contribution in [0.1, 0.15) is 25.0 Å². The zero-order chi connectivity index (χ0) is 22.8. The third kappa shape index (κ3) is 4.42. The Morgan fingerprint density at radius 2 is 1.03 bits per heavy atom. The molecule has 32 heavy (non-hydrogen) atoms. The molecule has 2 heterocycles. The minimum Gasteiger partial charge on any atom is -0.337 e. The second-order valence-corrected chi connectivity index (χ2v) is 9.33. The summed E-state index contributed by atoms with van der Waals surface area (Å²) in [5.41, 5.74) is 0.345. The highest BCUT2D eigenvalue weighted by Gasteiger charge is 2.57. The van der Waals surface area contributed by atoms with E-state index in [0.717, 1.165) is 11.1 Å². The fraction of sp³-hybridized carbons (Fsp3) is 0.296. The van der Waals surface area contributed by atoms with E-state index in [-0.39, 0.29) is 17.6 Å². The number of piperidine rings is 2. The van der Waals surface area contributed by atoms with Gasteiger partial charge in [-0.15, -0.1) is 0 Å². The molecule has 0 saturated carbocycles. The maximum atomic E-state index is 13.2. The number of hydrogen-bond donors (Lipinski definition) is 0. The number of benzene rings is 2. The normalized spacial score (nSPS) is 25.5. The number of rotatable bonds is 4. The molecule has 2 aliphatic heterocycles. The summed E-state index contributed by atoms with van der Waals surface area (Å²) in [5.74, 6) is -0.0812. The van der Waals surface area contributed by atoms with Gasteiger partial charge >= 0.3 is 0 Å². The van der Waals surface area contributed by atoms with Crippen LogP contribution in [0.15, 0.2) is 72.8 Å². The molecule has 164 valence electrons. The minimum absolute atomic E-state index is 0.109. The van der Waals surface area contributed by atoms with Gasteiger partial charge in [-0.2, -0.15) is 0 Å². The van der Waals surface area contributed by atoms with Crippen LogP contribution in [0.3, 0.4) is 0 Å². The lowest BCUT2D eigenvalue weighted by atomic mass is 9.64. The Bertz CT molecular complexity index is 975. The fourth-order valence-electron chi connectivity index (χ4n) is 4.90. The van der Waals surface area contributed by atoms with Gasteiger partial charge in [0.1, 0.15) is 0 Å². The number of amides is 2. The lowest BCUT2D eigenvalue weighted by Gasteiger charge is -2.54. The van der Waals surface area contributed by atoms with Gasteiger partial charge in [-0.25, -0.2) is 0 Å². The highest BCUT2D eigenvalue weighted by molar-refractivity contribution is 5.99. The number of ketones is 1. The third-order valence-electron chi connectivity index (χ3n) is 6.31. The molecule has 0 aliphatic carbocycles. The van der Waals surface area contributed by atoms with E-state index >= 15 is 0 Å². The number of carbonyl (C=O) groups excluding carboxylic acids is 3. The first-order valence-electron chi connectivity index (χ1n) is 10.9. The molecule has 4 rings (SSSR count). The van der Waals surface area contributed by atoms with Crippen molar-refractivity contribution in [2.45, 2.75) is 13.8 Å². The first-order valence-corrected chi connectivity index (χ1v) is 10.9. The Labute approximate surface area is 189 Å². The van der Waals surface area contributed by atoms with Crippen molar-refractivity contribution in [3.8, 4) is 0 Å². The molecule has 5 heteroatoms. The number of Topliss-reactive ketones (excluding diaryl/α,β-unsaturated/α-hetero) is 1. The molecule has 0 atom stereocenters. The largest absolute Gasteiger partial charge is 0.337 e. The molecule has 0 aromatic heterocycles. The van der Waals surface area contributed by atoms with Gasteiger partial charge in [-0.3, -0.25) is 14.4 Å². The molecule has 0 unspecified atom stereocenters. The van der Waals surface area contributed by atoms with Crippen LogP contribution in [0, 0.1) is 10.8 Å². The molecule has 2 saturated heterocycles. The van der Waals surface area contributed by atoms with E-state index in [9.17, 15) is 14.4 Å². The average Bonchev–Trinajstić information content (AvgIpc) is 2.79. The van der Waals surface area contributed by atoms with Gasteiger partial charge in [0.2, 0.25) is 11.8 Å². The van der Waals surface area contributed by atoms with E-state index in [4.69, 9.17) is 0 Å². The van der Waals surface area contributed by atoms with Crippen molar-refractivity contribution in [2.75, 3.05) is 26.2 Å². The minimum atomic E-state index is -0.780. The molecule has 2 amide bonds. The van der Waals surface area contributed by atoms with Gasteiger partial charge in [0, 0.05) is 38.3 Å². The Morgan fingerprint density at radius 1 is 0.688 bits per heavy atom. The van der Waals surface area contributed by atoms with Crippen molar-refractivity contribution in [2.24, 2.45) is 10.8 Å².